The van der Waals surface area contributed by atoms with Gasteiger partial charge >= 0.3 is 5.97 Å². The second-order valence-corrected chi connectivity index (χ2v) is 8.93. The van der Waals surface area contributed by atoms with E-state index in [1.807, 2.05) is 0 Å². The number of nitrogens with two attached hydrogens (primary N) is 1. The molecule has 4 amide bonds. The number of nitrogens with one attached hydrogen (secondary N) is 1. The Bertz CT molecular complexity index is 870. The van der Waals surface area contributed by atoms with E-state index in [9.17, 15) is 33.9 Å². The predicted octanol–water partition coefficient (Wildman–Crippen LogP) is -1.20. The number of ketones is 1. The Balaban J connectivity index is 2.46. The third kappa shape index (κ3) is 4.36. The fourth-order valence-corrected chi connectivity index (χ4v) is 4.43. The molecule has 0 aliphatic carbocycles. The number of carboxylic acid groups (broad SMARTS) is 1. The first kappa shape index (κ1) is 26.4. The summed E-state index contributed by atoms with van der Waals surface area (Å²) in [6.07, 6.45) is -0.101. The number of carbonyl (C=O) groups excluding carboxylic acids is 5. The van der Waals surface area contributed by atoms with Crippen molar-refractivity contribution >= 4 is 35.4 Å². The van der Waals surface area contributed by atoms with Crippen LogP contribution in [0.2, 0.25) is 0 Å². The third-order valence-electron chi connectivity index (χ3n) is 6.43. The maximum Gasteiger partial charge on any atom is 0.341 e. The summed E-state index contributed by atoms with van der Waals surface area (Å²) >= 11 is 0. The molecule has 4 N–H and O–H groups in total. The predicted molar refractivity (Wildman–Crippen MR) is 114 cm³/mol. The Labute approximate surface area is 191 Å². The van der Waals surface area contributed by atoms with Gasteiger partial charge in [0.05, 0.1) is 6.04 Å². The number of likely N-dealkylation sites (tertiary alicyclic amines) is 2. The van der Waals surface area contributed by atoms with Crippen molar-refractivity contribution in [1.82, 2.24) is 15.1 Å². The second-order valence-electron chi connectivity index (χ2n) is 8.93. The van der Waals surface area contributed by atoms with E-state index in [1.165, 1.54) is 39.7 Å². The average molecular weight is 469 g/mol. The van der Waals surface area contributed by atoms with Crippen LogP contribution >= 0.6 is 0 Å². The summed E-state index contributed by atoms with van der Waals surface area (Å²) in [5, 5.41) is 12.6. The summed E-state index contributed by atoms with van der Waals surface area (Å²) in [5.74, 6) is -5.44. The van der Waals surface area contributed by atoms with Gasteiger partial charge in [-0.05, 0) is 40.5 Å². The highest BCUT2D eigenvalue weighted by Gasteiger charge is 2.67. The van der Waals surface area contributed by atoms with E-state index in [-0.39, 0.29) is 25.8 Å². The Morgan fingerprint density at radius 3 is 2.33 bits per heavy atom. The van der Waals surface area contributed by atoms with E-state index < -0.39 is 64.6 Å². The number of hydrogen-bond donors (Lipinski definition) is 3. The number of ether oxygens (including phenoxy) is 1. The first-order chi connectivity index (χ1) is 15.2. The quantitative estimate of drug-likeness (QED) is 0.306. The number of carbonyl (C=O) groups is 6. The van der Waals surface area contributed by atoms with Crippen molar-refractivity contribution in [3.8, 4) is 0 Å². The molecule has 33 heavy (non-hydrogen) atoms. The van der Waals surface area contributed by atoms with Crippen LogP contribution in [0.3, 0.4) is 0 Å². The molecule has 0 aromatic heterocycles. The standard InChI is InChI=1S/C21H32N4O8/c1-11(22)16(28)23-12(2)17(29)24-10-6-7-13(24)18(30)25-15(27)9-8-14(26)21(25,19(31)32)20(3,4)33-5/h11-13H,6-10,22H2,1-5H3,(H,23,28)(H,31,32)/t11-,12-,13-,21+/m0/s1. The number of imide groups is 1. The fourth-order valence-electron chi connectivity index (χ4n) is 4.43. The van der Waals surface area contributed by atoms with Crippen molar-refractivity contribution in [3.05, 3.63) is 0 Å². The number of hydrogen-bond acceptors (Lipinski definition) is 8. The van der Waals surface area contributed by atoms with Gasteiger partial charge in [0.2, 0.25) is 23.3 Å². The number of amides is 4. The molecule has 0 unspecified atom stereocenters. The largest absolute Gasteiger partial charge is 0.479 e. The SMILES string of the molecule is COC(C)(C)[C@]1(C(=O)O)C(=O)CCC(=O)N1C(=O)[C@@H]1CCCN1C(=O)[C@H](C)NC(=O)[C@H](C)N. The van der Waals surface area contributed by atoms with Crippen molar-refractivity contribution < 1.29 is 38.6 Å². The zero-order chi connectivity index (χ0) is 25.3. The molecule has 0 aromatic rings. The van der Waals surface area contributed by atoms with Crippen molar-refractivity contribution in [2.45, 2.75) is 82.6 Å². The number of Topliss-reactive ketones (excluding diaryl/α,β-unsaturated/α-hetero) is 1. The number of carboxylic acids is 1. The Hall–Kier alpha value is -2.86. The van der Waals surface area contributed by atoms with E-state index in [0.717, 1.165) is 0 Å². The van der Waals surface area contributed by atoms with Gasteiger partial charge in [0.15, 0.2) is 5.78 Å². The van der Waals surface area contributed by atoms with Crippen LogP contribution in [0.5, 0.6) is 0 Å². The maximum absolute atomic E-state index is 13.6. The highest BCUT2D eigenvalue weighted by atomic mass is 16.5. The van der Waals surface area contributed by atoms with Crippen LogP contribution in [-0.4, -0.2) is 93.2 Å². The summed E-state index contributed by atoms with van der Waals surface area (Å²) < 4.78 is 5.29. The minimum Gasteiger partial charge on any atom is -0.479 e. The number of methoxy groups -OCH3 is 1. The van der Waals surface area contributed by atoms with E-state index in [0.29, 0.717) is 11.3 Å². The lowest BCUT2D eigenvalue weighted by Crippen LogP contribution is -2.77. The monoisotopic (exact) mass is 468 g/mol. The first-order valence-electron chi connectivity index (χ1n) is 10.8. The van der Waals surface area contributed by atoms with Gasteiger partial charge in [0.25, 0.3) is 5.91 Å². The number of aliphatic carboxylic acids is 1. The normalized spacial score (nSPS) is 25.6. The summed E-state index contributed by atoms with van der Waals surface area (Å²) in [7, 11) is 1.19. The van der Waals surface area contributed by atoms with Crippen LogP contribution in [0.4, 0.5) is 0 Å². The van der Waals surface area contributed by atoms with Crippen LogP contribution in [0, 0.1) is 0 Å². The summed E-state index contributed by atoms with van der Waals surface area (Å²) in [6.45, 7) is 5.70. The number of rotatable bonds is 7. The van der Waals surface area contributed by atoms with Crippen LogP contribution in [0.15, 0.2) is 0 Å². The lowest BCUT2D eigenvalue weighted by molar-refractivity contribution is -0.195. The minimum absolute atomic E-state index is 0.164. The highest BCUT2D eigenvalue weighted by Crippen LogP contribution is 2.39. The second kappa shape index (κ2) is 9.56. The molecule has 2 aliphatic heterocycles. The average Bonchev–Trinajstić information content (AvgIpc) is 3.23. The molecule has 184 valence electrons. The molecule has 12 heteroatoms. The van der Waals surface area contributed by atoms with Crippen LogP contribution in [-0.2, 0) is 33.5 Å². The Morgan fingerprint density at radius 2 is 1.82 bits per heavy atom. The van der Waals surface area contributed by atoms with Gasteiger partial charge in [-0.1, -0.05) is 0 Å². The summed E-state index contributed by atoms with van der Waals surface area (Å²) in [4.78, 5) is 78.6. The molecular formula is C21H32N4O8. The minimum atomic E-state index is -2.58. The van der Waals surface area contributed by atoms with Gasteiger partial charge in [0.1, 0.15) is 17.7 Å². The van der Waals surface area contributed by atoms with Gasteiger partial charge in [-0.3, -0.25) is 28.9 Å². The van der Waals surface area contributed by atoms with Gasteiger partial charge in [0, 0.05) is 26.5 Å². The molecule has 2 saturated heterocycles. The molecule has 0 saturated carbocycles. The topological polar surface area (TPSA) is 176 Å². The van der Waals surface area contributed by atoms with E-state index >= 15 is 0 Å². The molecule has 12 nitrogen and oxygen atoms in total. The van der Waals surface area contributed by atoms with Gasteiger partial charge in [-0.15, -0.1) is 0 Å². The molecule has 2 aliphatic rings. The van der Waals surface area contributed by atoms with Crippen LogP contribution in [0.1, 0.15) is 53.4 Å². The fraction of sp³-hybridized carbons (Fsp3) is 0.714. The highest BCUT2D eigenvalue weighted by molar-refractivity contribution is 6.19. The smallest absolute Gasteiger partial charge is 0.341 e. The summed E-state index contributed by atoms with van der Waals surface area (Å²) in [5.41, 5.74) is 1.19. The molecular weight excluding hydrogens is 436 g/mol. The maximum atomic E-state index is 13.6. The van der Waals surface area contributed by atoms with Crippen LogP contribution in [0.25, 0.3) is 0 Å². The Kier molecular flexibility index (Phi) is 7.64. The lowest BCUT2D eigenvalue weighted by atomic mass is 9.72. The van der Waals surface area contributed by atoms with E-state index in [4.69, 9.17) is 10.5 Å². The molecule has 0 aromatic carbocycles. The van der Waals surface area contributed by atoms with Crippen LogP contribution < -0.4 is 11.1 Å². The van der Waals surface area contributed by atoms with Gasteiger partial charge < -0.3 is 25.8 Å². The van der Waals surface area contributed by atoms with E-state index in [1.54, 1.807) is 0 Å². The Morgan fingerprint density at radius 1 is 1.21 bits per heavy atom. The molecule has 0 bridgehead atoms. The molecule has 2 rings (SSSR count). The molecule has 0 spiro atoms. The first-order valence-corrected chi connectivity index (χ1v) is 10.8. The van der Waals surface area contributed by atoms with Crippen molar-refractivity contribution in [2.24, 2.45) is 5.73 Å². The van der Waals surface area contributed by atoms with Gasteiger partial charge in [-0.25, -0.2) is 4.79 Å². The molecule has 2 fully saturated rings. The molecule has 2 heterocycles. The lowest BCUT2D eigenvalue weighted by Gasteiger charge is -2.49. The van der Waals surface area contributed by atoms with E-state index in [2.05, 4.69) is 5.32 Å². The zero-order valence-corrected chi connectivity index (χ0v) is 19.5. The summed E-state index contributed by atoms with van der Waals surface area (Å²) in [6, 6.07) is -3.02. The van der Waals surface area contributed by atoms with Crippen molar-refractivity contribution in [1.29, 1.82) is 0 Å². The number of nitrogens with zero attached hydrogens (tertiary/aromatic N) is 2. The van der Waals surface area contributed by atoms with Crippen molar-refractivity contribution in [3.63, 3.8) is 0 Å². The number of piperidine rings is 1. The molecule has 0 radical (unpaired) electrons. The third-order valence-corrected chi connectivity index (χ3v) is 6.43. The zero-order valence-electron chi connectivity index (χ0n) is 19.5. The van der Waals surface area contributed by atoms with Crippen molar-refractivity contribution in [2.75, 3.05) is 13.7 Å². The molecule has 4 atom stereocenters. The van der Waals surface area contributed by atoms with Gasteiger partial charge in [-0.2, -0.15) is 0 Å².